The van der Waals surface area contributed by atoms with Crippen LogP contribution in [-0.2, 0) is 0 Å². The molecule has 1 aromatic rings. The van der Waals surface area contributed by atoms with Crippen molar-refractivity contribution in [1.29, 1.82) is 0 Å². The number of aromatic nitrogens is 1. The first-order valence-electron chi connectivity index (χ1n) is 3.18. The number of ketones is 1. The molecule has 0 aliphatic carbocycles. The normalized spacial score (nSPS) is 10.1. The minimum Gasteiger partial charge on any atom is -0.360 e. The molecule has 11 heavy (non-hydrogen) atoms. The molecule has 1 aromatic heterocycles. The van der Waals surface area contributed by atoms with Gasteiger partial charge in [0.1, 0.15) is 5.76 Å². The van der Waals surface area contributed by atoms with Gasteiger partial charge in [-0.15, -0.1) is 11.8 Å². The van der Waals surface area contributed by atoms with Crippen molar-refractivity contribution in [3.63, 3.8) is 0 Å². The van der Waals surface area contributed by atoms with Crippen molar-refractivity contribution < 1.29 is 9.32 Å². The lowest BCUT2D eigenvalue weighted by Crippen LogP contribution is -1.93. The molecule has 0 unspecified atom stereocenters. The van der Waals surface area contributed by atoms with Crippen LogP contribution in [0, 0.1) is 6.92 Å². The summed E-state index contributed by atoms with van der Waals surface area (Å²) < 4.78 is 4.86. The number of rotatable bonds is 2. The number of carbonyl (C=O) groups is 1. The van der Waals surface area contributed by atoms with Gasteiger partial charge in [-0.25, -0.2) is 0 Å². The Kier molecular flexibility index (Phi) is 2.34. The molecule has 0 fully saturated rings. The Morgan fingerprint density at radius 2 is 2.27 bits per heavy atom. The van der Waals surface area contributed by atoms with Crippen molar-refractivity contribution >= 4 is 17.5 Å². The minimum absolute atomic E-state index is 0.00750. The summed E-state index contributed by atoms with van der Waals surface area (Å²) in [5.41, 5.74) is 0.609. The van der Waals surface area contributed by atoms with Gasteiger partial charge >= 0.3 is 0 Å². The predicted octanol–water partition coefficient (Wildman–Crippen LogP) is 1.91. The van der Waals surface area contributed by atoms with Crippen LogP contribution in [0.3, 0.4) is 0 Å². The van der Waals surface area contributed by atoms with Gasteiger partial charge in [-0.05, 0) is 20.1 Å². The van der Waals surface area contributed by atoms with Gasteiger partial charge in [-0.2, -0.15) is 0 Å². The third kappa shape index (κ3) is 1.45. The second kappa shape index (κ2) is 3.09. The Balaban J connectivity index is 3.17. The molecule has 0 aliphatic heterocycles. The molecule has 0 aliphatic rings. The number of hydrogen-bond donors (Lipinski definition) is 0. The summed E-state index contributed by atoms with van der Waals surface area (Å²) in [5.74, 6) is 0.606. The number of hydrogen-bond acceptors (Lipinski definition) is 4. The van der Waals surface area contributed by atoms with Gasteiger partial charge in [0.2, 0.25) is 0 Å². The highest BCUT2D eigenvalue weighted by molar-refractivity contribution is 7.98. The average molecular weight is 171 g/mol. The SMILES string of the molecule is CSc1noc(C)c1C(C)=O. The van der Waals surface area contributed by atoms with Crippen LogP contribution in [0.15, 0.2) is 9.55 Å². The Bertz CT molecular complexity index is 280. The Labute approximate surface area is 69.1 Å². The second-order valence-corrected chi connectivity index (χ2v) is 2.97. The summed E-state index contributed by atoms with van der Waals surface area (Å²) in [4.78, 5) is 11.0. The third-order valence-electron chi connectivity index (χ3n) is 1.38. The smallest absolute Gasteiger partial charge is 0.166 e. The standard InChI is InChI=1S/C7H9NO2S/c1-4(9)6-5(2)10-8-7(6)11-3/h1-3H3. The highest BCUT2D eigenvalue weighted by atomic mass is 32.2. The molecule has 60 valence electrons. The van der Waals surface area contributed by atoms with Crippen LogP contribution in [-0.4, -0.2) is 17.2 Å². The second-order valence-electron chi connectivity index (χ2n) is 2.18. The van der Waals surface area contributed by atoms with E-state index in [2.05, 4.69) is 5.16 Å². The van der Waals surface area contributed by atoms with Gasteiger partial charge in [0.15, 0.2) is 10.8 Å². The molecule has 1 heterocycles. The monoisotopic (exact) mass is 171 g/mol. The van der Waals surface area contributed by atoms with Crippen molar-refractivity contribution in [1.82, 2.24) is 5.16 Å². The average Bonchev–Trinajstić information content (AvgIpc) is 2.30. The highest BCUT2D eigenvalue weighted by Crippen LogP contribution is 2.21. The quantitative estimate of drug-likeness (QED) is 0.503. The van der Waals surface area contributed by atoms with E-state index in [1.807, 2.05) is 6.26 Å². The Morgan fingerprint density at radius 1 is 1.64 bits per heavy atom. The zero-order valence-electron chi connectivity index (χ0n) is 6.67. The van der Waals surface area contributed by atoms with E-state index in [9.17, 15) is 4.79 Å². The fourth-order valence-corrected chi connectivity index (χ4v) is 1.49. The first-order chi connectivity index (χ1) is 5.16. The third-order valence-corrected chi connectivity index (χ3v) is 2.04. The van der Waals surface area contributed by atoms with Gasteiger partial charge in [0, 0.05) is 0 Å². The van der Waals surface area contributed by atoms with Crippen LogP contribution in [0.4, 0.5) is 0 Å². The van der Waals surface area contributed by atoms with E-state index < -0.39 is 0 Å². The number of carbonyl (C=O) groups excluding carboxylic acids is 1. The zero-order valence-corrected chi connectivity index (χ0v) is 7.49. The molecule has 0 saturated carbocycles. The number of thioether (sulfide) groups is 1. The van der Waals surface area contributed by atoms with Gasteiger partial charge in [-0.3, -0.25) is 4.79 Å². The van der Waals surface area contributed by atoms with Crippen molar-refractivity contribution in [2.45, 2.75) is 18.9 Å². The first-order valence-corrected chi connectivity index (χ1v) is 4.40. The van der Waals surface area contributed by atoms with E-state index in [4.69, 9.17) is 4.52 Å². The van der Waals surface area contributed by atoms with Crippen molar-refractivity contribution in [3.8, 4) is 0 Å². The molecule has 0 atom stereocenters. The minimum atomic E-state index is 0.00750. The summed E-state index contributed by atoms with van der Waals surface area (Å²) in [5, 5.41) is 4.40. The molecule has 1 rings (SSSR count). The Morgan fingerprint density at radius 3 is 2.64 bits per heavy atom. The largest absolute Gasteiger partial charge is 0.360 e. The summed E-state index contributed by atoms with van der Waals surface area (Å²) in [6.45, 7) is 3.25. The summed E-state index contributed by atoms with van der Waals surface area (Å²) in [7, 11) is 0. The van der Waals surface area contributed by atoms with Crippen LogP contribution in [0.25, 0.3) is 0 Å². The van der Waals surface area contributed by atoms with Crippen LogP contribution >= 0.6 is 11.8 Å². The van der Waals surface area contributed by atoms with Crippen LogP contribution in [0.5, 0.6) is 0 Å². The highest BCUT2D eigenvalue weighted by Gasteiger charge is 2.15. The van der Waals surface area contributed by atoms with Crippen molar-refractivity contribution in [2.75, 3.05) is 6.26 Å². The molecule has 0 bridgehead atoms. The maximum absolute atomic E-state index is 11.0. The first kappa shape index (κ1) is 8.33. The zero-order chi connectivity index (χ0) is 8.43. The fraction of sp³-hybridized carbons (Fsp3) is 0.429. The number of Topliss-reactive ketones (excluding diaryl/α,β-unsaturated/α-hetero) is 1. The Hall–Kier alpha value is -0.770. The van der Waals surface area contributed by atoms with E-state index in [1.54, 1.807) is 6.92 Å². The lowest BCUT2D eigenvalue weighted by atomic mass is 10.2. The van der Waals surface area contributed by atoms with E-state index in [-0.39, 0.29) is 5.78 Å². The molecule has 0 amide bonds. The molecule has 3 nitrogen and oxygen atoms in total. The number of aryl methyl sites for hydroxylation is 1. The lowest BCUT2D eigenvalue weighted by Gasteiger charge is -1.91. The van der Waals surface area contributed by atoms with E-state index in [0.29, 0.717) is 16.3 Å². The molecule has 0 spiro atoms. The molecular formula is C7H9NO2S. The fourth-order valence-electron chi connectivity index (χ4n) is 0.890. The molecule has 0 N–H and O–H groups in total. The maximum atomic E-state index is 11.0. The van der Waals surface area contributed by atoms with E-state index >= 15 is 0 Å². The summed E-state index contributed by atoms with van der Waals surface area (Å²) >= 11 is 1.42. The summed E-state index contributed by atoms with van der Waals surface area (Å²) in [6, 6.07) is 0. The lowest BCUT2D eigenvalue weighted by molar-refractivity contribution is 0.101. The van der Waals surface area contributed by atoms with Gasteiger partial charge < -0.3 is 4.52 Å². The van der Waals surface area contributed by atoms with Crippen LogP contribution in [0.2, 0.25) is 0 Å². The van der Waals surface area contributed by atoms with E-state index in [1.165, 1.54) is 18.7 Å². The number of nitrogens with zero attached hydrogens (tertiary/aromatic N) is 1. The summed E-state index contributed by atoms with van der Waals surface area (Å²) in [6.07, 6.45) is 1.86. The van der Waals surface area contributed by atoms with Gasteiger partial charge in [-0.1, -0.05) is 5.16 Å². The maximum Gasteiger partial charge on any atom is 0.166 e. The molecular weight excluding hydrogens is 162 g/mol. The molecule has 0 saturated heterocycles. The molecule has 0 aromatic carbocycles. The van der Waals surface area contributed by atoms with Crippen LogP contribution in [0.1, 0.15) is 23.0 Å². The van der Waals surface area contributed by atoms with Crippen molar-refractivity contribution in [3.05, 3.63) is 11.3 Å². The van der Waals surface area contributed by atoms with E-state index in [0.717, 1.165) is 0 Å². The van der Waals surface area contributed by atoms with Crippen molar-refractivity contribution in [2.24, 2.45) is 0 Å². The van der Waals surface area contributed by atoms with Gasteiger partial charge in [0.05, 0.1) is 5.56 Å². The molecule has 0 radical (unpaired) electrons. The van der Waals surface area contributed by atoms with Gasteiger partial charge in [0.25, 0.3) is 0 Å². The van der Waals surface area contributed by atoms with Crippen LogP contribution < -0.4 is 0 Å². The topological polar surface area (TPSA) is 43.1 Å². The molecule has 4 heteroatoms. The predicted molar refractivity (Wildman–Crippen MR) is 43.0 cm³/mol.